The predicted molar refractivity (Wildman–Crippen MR) is 67.7 cm³/mol. The maximum Gasteiger partial charge on any atom is 0.271 e. The van der Waals surface area contributed by atoms with E-state index in [0.717, 1.165) is 0 Å². The van der Waals surface area contributed by atoms with E-state index < -0.39 is 11.0 Å². The third kappa shape index (κ3) is 4.31. The summed E-state index contributed by atoms with van der Waals surface area (Å²) in [5.74, 6) is -0.349. The van der Waals surface area contributed by atoms with Crippen LogP contribution in [0.3, 0.4) is 0 Å². The van der Waals surface area contributed by atoms with Gasteiger partial charge in [-0.15, -0.1) is 0 Å². The van der Waals surface area contributed by atoms with Crippen LogP contribution in [0, 0.1) is 10.1 Å². The fraction of sp³-hybridized carbons (Fsp3) is 0.364. The van der Waals surface area contributed by atoms with Crippen LogP contribution >= 0.6 is 11.6 Å². The van der Waals surface area contributed by atoms with Crippen molar-refractivity contribution >= 4 is 28.9 Å². The summed E-state index contributed by atoms with van der Waals surface area (Å²) in [5, 5.41) is 22.3. The van der Waals surface area contributed by atoms with Crippen LogP contribution in [-0.4, -0.2) is 22.0 Å². The molecule has 0 aliphatic rings. The minimum atomic E-state index is -0.573. The molecule has 0 aromatic heterocycles. The first kappa shape index (κ1) is 14.4. The third-order valence-corrected chi connectivity index (χ3v) is 2.55. The number of halogens is 1. The number of nitro benzene ring substituents is 1. The van der Waals surface area contributed by atoms with Crippen molar-refractivity contribution in [1.29, 1.82) is 0 Å². The highest BCUT2D eigenvalue weighted by Gasteiger charge is 2.12. The van der Waals surface area contributed by atoms with Crippen molar-refractivity contribution in [2.24, 2.45) is 0 Å². The smallest absolute Gasteiger partial charge is 0.271 e. The van der Waals surface area contributed by atoms with Crippen LogP contribution in [0.2, 0.25) is 5.02 Å². The van der Waals surface area contributed by atoms with E-state index in [4.69, 9.17) is 16.7 Å². The van der Waals surface area contributed by atoms with Gasteiger partial charge >= 0.3 is 0 Å². The lowest BCUT2D eigenvalue weighted by Gasteiger charge is -2.08. The first-order valence-electron chi connectivity index (χ1n) is 5.32. The summed E-state index contributed by atoms with van der Waals surface area (Å²) in [4.78, 5) is 21.5. The number of non-ortho nitro benzene ring substituents is 1. The zero-order chi connectivity index (χ0) is 13.7. The standard InChI is InChI=1S/C11H13ClN2O4/c1-7(15)2-5-11(16)13-10-6-8(14(17)18)3-4-9(10)12/h3-4,6-7,15H,2,5H2,1H3,(H,13,16). The van der Waals surface area contributed by atoms with Gasteiger partial charge in [0.05, 0.1) is 21.7 Å². The molecule has 1 atom stereocenters. The molecule has 0 fully saturated rings. The van der Waals surface area contributed by atoms with Gasteiger partial charge in [-0.1, -0.05) is 11.6 Å². The molecular formula is C11H13ClN2O4. The van der Waals surface area contributed by atoms with Crippen LogP contribution in [-0.2, 0) is 4.79 Å². The number of nitro groups is 1. The highest BCUT2D eigenvalue weighted by molar-refractivity contribution is 6.33. The van der Waals surface area contributed by atoms with Crippen molar-refractivity contribution in [3.8, 4) is 0 Å². The summed E-state index contributed by atoms with van der Waals surface area (Å²) in [6.45, 7) is 1.58. The normalized spacial score (nSPS) is 11.9. The quantitative estimate of drug-likeness (QED) is 0.635. The molecule has 18 heavy (non-hydrogen) atoms. The van der Waals surface area contributed by atoms with Gasteiger partial charge in [-0.25, -0.2) is 0 Å². The van der Waals surface area contributed by atoms with Gasteiger partial charge in [-0.05, 0) is 19.4 Å². The SMILES string of the molecule is CC(O)CCC(=O)Nc1cc([N+](=O)[O-])ccc1Cl. The van der Waals surface area contributed by atoms with Crippen LogP contribution in [0.15, 0.2) is 18.2 Å². The molecule has 0 heterocycles. The minimum Gasteiger partial charge on any atom is -0.393 e. The van der Waals surface area contributed by atoms with E-state index in [2.05, 4.69) is 5.32 Å². The number of amides is 1. The Morgan fingerprint density at radius 1 is 1.61 bits per heavy atom. The summed E-state index contributed by atoms with van der Waals surface area (Å²) in [6.07, 6.45) is -0.133. The number of aliphatic hydroxyl groups excluding tert-OH is 1. The lowest BCUT2D eigenvalue weighted by Crippen LogP contribution is -2.14. The number of nitrogens with one attached hydrogen (secondary N) is 1. The van der Waals surface area contributed by atoms with E-state index in [9.17, 15) is 14.9 Å². The number of carbonyl (C=O) groups is 1. The van der Waals surface area contributed by atoms with Crippen LogP contribution in [0.5, 0.6) is 0 Å². The molecule has 7 heteroatoms. The topological polar surface area (TPSA) is 92.5 Å². The summed E-state index contributed by atoms with van der Waals surface area (Å²) in [5.41, 5.74) is 0.0479. The fourth-order valence-corrected chi connectivity index (χ4v) is 1.44. The van der Waals surface area contributed by atoms with Crippen molar-refractivity contribution < 1.29 is 14.8 Å². The molecule has 6 nitrogen and oxygen atoms in total. The van der Waals surface area contributed by atoms with Gasteiger partial charge in [0, 0.05) is 18.6 Å². The van der Waals surface area contributed by atoms with Gasteiger partial charge in [0.2, 0.25) is 5.91 Å². The Morgan fingerprint density at radius 2 is 2.28 bits per heavy atom. The predicted octanol–water partition coefficient (Wildman–Crippen LogP) is 2.35. The van der Waals surface area contributed by atoms with Gasteiger partial charge in [0.15, 0.2) is 0 Å². The Hall–Kier alpha value is -1.66. The monoisotopic (exact) mass is 272 g/mol. The average molecular weight is 273 g/mol. The summed E-state index contributed by atoms with van der Waals surface area (Å²) in [6, 6.07) is 3.81. The van der Waals surface area contributed by atoms with E-state index in [0.29, 0.717) is 6.42 Å². The highest BCUT2D eigenvalue weighted by atomic mass is 35.5. The summed E-state index contributed by atoms with van der Waals surface area (Å²) in [7, 11) is 0. The summed E-state index contributed by atoms with van der Waals surface area (Å²) >= 11 is 5.82. The molecule has 0 saturated carbocycles. The first-order valence-corrected chi connectivity index (χ1v) is 5.70. The second kappa shape index (κ2) is 6.32. The number of benzene rings is 1. The Bertz CT molecular complexity index is 462. The maximum atomic E-state index is 11.5. The molecule has 0 bridgehead atoms. The van der Waals surface area contributed by atoms with Crippen LogP contribution in [0.4, 0.5) is 11.4 Å². The molecule has 0 radical (unpaired) electrons. The molecular weight excluding hydrogens is 260 g/mol. The number of hydrogen-bond donors (Lipinski definition) is 2. The van der Waals surface area contributed by atoms with E-state index in [1.54, 1.807) is 6.92 Å². The maximum absolute atomic E-state index is 11.5. The Labute approximate surface area is 109 Å². The van der Waals surface area contributed by atoms with Crippen molar-refractivity contribution in [2.75, 3.05) is 5.32 Å². The number of hydrogen-bond acceptors (Lipinski definition) is 4. The van der Waals surface area contributed by atoms with Crippen molar-refractivity contribution in [1.82, 2.24) is 0 Å². The molecule has 0 spiro atoms. The highest BCUT2D eigenvalue weighted by Crippen LogP contribution is 2.26. The molecule has 1 aromatic rings. The molecule has 0 aliphatic heterocycles. The zero-order valence-corrected chi connectivity index (χ0v) is 10.5. The molecule has 0 saturated heterocycles. The molecule has 0 aliphatic carbocycles. The Morgan fingerprint density at radius 3 is 2.83 bits per heavy atom. The minimum absolute atomic E-state index is 0.122. The van der Waals surface area contributed by atoms with E-state index in [-0.39, 0.29) is 28.7 Å². The van der Waals surface area contributed by atoms with Gasteiger partial charge in [0.25, 0.3) is 5.69 Å². The van der Waals surface area contributed by atoms with Crippen LogP contribution < -0.4 is 5.32 Å². The molecule has 98 valence electrons. The zero-order valence-electron chi connectivity index (χ0n) is 9.72. The molecule has 1 aromatic carbocycles. The number of anilines is 1. The number of nitrogens with zero attached hydrogens (tertiary/aromatic N) is 1. The van der Waals surface area contributed by atoms with Gasteiger partial charge in [-0.2, -0.15) is 0 Å². The van der Waals surface area contributed by atoms with Crippen molar-refractivity contribution in [2.45, 2.75) is 25.9 Å². The number of aliphatic hydroxyl groups is 1. The van der Waals surface area contributed by atoms with E-state index in [1.807, 2.05) is 0 Å². The lowest BCUT2D eigenvalue weighted by atomic mass is 10.2. The van der Waals surface area contributed by atoms with Crippen molar-refractivity contribution in [3.63, 3.8) is 0 Å². The molecule has 1 rings (SSSR count). The fourth-order valence-electron chi connectivity index (χ4n) is 1.28. The van der Waals surface area contributed by atoms with E-state index >= 15 is 0 Å². The average Bonchev–Trinajstić information content (AvgIpc) is 2.29. The van der Waals surface area contributed by atoms with Gasteiger partial charge in [0.1, 0.15) is 0 Å². The number of carbonyl (C=O) groups excluding carboxylic acids is 1. The summed E-state index contributed by atoms with van der Waals surface area (Å²) < 4.78 is 0. The first-order chi connectivity index (χ1) is 8.40. The van der Waals surface area contributed by atoms with Gasteiger partial charge in [-0.3, -0.25) is 14.9 Å². The molecule has 1 unspecified atom stereocenters. The van der Waals surface area contributed by atoms with Crippen molar-refractivity contribution in [3.05, 3.63) is 33.3 Å². The van der Waals surface area contributed by atoms with Crippen LogP contribution in [0.25, 0.3) is 0 Å². The molecule has 2 N–H and O–H groups in total. The lowest BCUT2D eigenvalue weighted by molar-refractivity contribution is -0.384. The largest absolute Gasteiger partial charge is 0.393 e. The van der Waals surface area contributed by atoms with Gasteiger partial charge < -0.3 is 10.4 Å². The third-order valence-electron chi connectivity index (χ3n) is 2.22. The Kier molecular flexibility index (Phi) is 5.06. The number of rotatable bonds is 5. The second-order valence-electron chi connectivity index (χ2n) is 3.86. The van der Waals surface area contributed by atoms with Crippen LogP contribution in [0.1, 0.15) is 19.8 Å². The second-order valence-corrected chi connectivity index (χ2v) is 4.26. The van der Waals surface area contributed by atoms with E-state index in [1.165, 1.54) is 18.2 Å². The Balaban J connectivity index is 2.74. The molecule has 1 amide bonds.